The van der Waals surface area contributed by atoms with Crippen LogP contribution in [0.1, 0.15) is 22.8 Å². The zero-order chi connectivity index (χ0) is 16.4. The predicted octanol–water partition coefficient (Wildman–Crippen LogP) is 2.71. The van der Waals surface area contributed by atoms with E-state index in [1.54, 1.807) is 12.3 Å². The summed E-state index contributed by atoms with van der Waals surface area (Å²) in [5.41, 5.74) is 6.72. The highest BCUT2D eigenvalue weighted by molar-refractivity contribution is 6.29. The maximum Gasteiger partial charge on any atom is 0.135 e. The molecule has 5 nitrogen and oxygen atoms in total. The zero-order valence-corrected chi connectivity index (χ0v) is 13.9. The molecule has 0 saturated carbocycles. The SMILES string of the molecule is Cc1nc(C#Cc2ccnc(Cl)c2)c(C)n1C1=CNN(C)C=C1. The summed E-state index contributed by atoms with van der Waals surface area (Å²) in [6.45, 7) is 3.98. The van der Waals surface area contributed by atoms with Crippen molar-refractivity contribution < 1.29 is 0 Å². The molecular formula is C17H16ClN5. The van der Waals surface area contributed by atoms with Crippen LogP contribution in [0.25, 0.3) is 5.70 Å². The van der Waals surface area contributed by atoms with E-state index in [2.05, 4.69) is 31.8 Å². The molecule has 3 heterocycles. The molecule has 116 valence electrons. The lowest BCUT2D eigenvalue weighted by Crippen LogP contribution is -2.27. The Kier molecular flexibility index (Phi) is 4.09. The van der Waals surface area contributed by atoms with Crippen LogP contribution in [0.5, 0.6) is 0 Å². The average molecular weight is 326 g/mol. The number of hydrogen-bond acceptors (Lipinski definition) is 4. The lowest BCUT2D eigenvalue weighted by atomic mass is 10.2. The lowest BCUT2D eigenvalue weighted by molar-refractivity contribution is 0.382. The van der Waals surface area contributed by atoms with E-state index < -0.39 is 0 Å². The van der Waals surface area contributed by atoms with Gasteiger partial charge in [-0.25, -0.2) is 9.97 Å². The van der Waals surface area contributed by atoms with E-state index in [0.717, 1.165) is 28.5 Å². The molecule has 6 heteroatoms. The minimum atomic E-state index is 0.433. The molecule has 0 spiro atoms. The Hall–Kier alpha value is -2.71. The predicted molar refractivity (Wildman–Crippen MR) is 91.2 cm³/mol. The van der Waals surface area contributed by atoms with E-state index >= 15 is 0 Å². The largest absolute Gasteiger partial charge is 0.304 e. The monoisotopic (exact) mass is 325 g/mol. The summed E-state index contributed by atoms with van der Waals surface area (Å²) in [5.74, 6) is 7.09. The number of nitrogens with zero attached hydrogens (tertiary/aromatic N) is 4. The first-order chi connectivity index (χ1) is 11.0. The van der Waals surface area contributed by atoms with Gasteiger partial charge in [0.15, 0.2) is 0 Å². The molecule has 0 aliphatic carbocycles. The van der Waals surface area contributed by atoms with Crippen molar-refractivity contribution in [3.63, 3.8) is 0 Å². The van der Waals surface area contributed by atoms with E-state index in [-0.39, 0.29) is 0 Å². The molecule has 3 rings (SSSR count). The van der Waals surface area contributed by atoms with Crippen molar-refractivity contribution in [1.29, 1.82) is 0 Å². The summed E-state index contributed by atoms with van der Waals surface area (Å²) in [7, 11) is 1.94. The van der Waals surface area contributed by atoms with E-state index in [0.29, 0.717) is 5.15 Å². The molecule has 1 aliphatic heterocycles. The van der Waals surface area contributed by atoms with Gasteiger partial charge in [-0.05, 0) is 38.0 Å². The van der Waals surface area contributed by atoms with Gasteiger partial charge in [0.25, 0.3) is 0 Å². The average Bonchev–Trinajstić information content (AvgIpc) is 2.81. The number of nitrogens with one attached hydrogen (secondary N) is 1. The van der Waals surface area contributed by atoms with Gasteiger partial charge in [-0.15, -0.1) is 0 Å². The first-order valence-electron chi connectivity index (χ1n) is 7.12. The number of imidazole rings is 1. The molecule has 0 unspecified atom stereocenters. The fourth-order valence-electron chi connectivity index (χ4n) is 2.34. The fraction of sp³-hybridized carbons (Fsp3) is 0.176. The van der Waals surface area contributed by atoms with Crippen molar-refractivity contribution in [3.05, 3.63) is 64.7 Å². The third-order valence-corrected chi connectivity index (χ3v) is 3.68. The van der Waals surface area contributed by atoms with Crippen LogP contribution in [0, 0.1) is 25.7 Å². The van der Waals surface area contributed by atoms with Crippen LogP contribution >= 0.6 is 11.6 Å². The first-order valence-corrected chi connectivity index (χ1v) is 7.49. The van der Waals surface area contributed by atoms with Crippen molar-refractivity contribution in [1.82, 2.24) is 25.0 Å². The highest BCUT2D eigenvalue weighted by atomic mass is 35.5. The van der Waals surface area contributed by atoms with E-state index in [1.165, 1.54) is 0 Å². The van der Waals surface area contributed by atoms with Crippen LogP contribution in [0.3, 0.4) is 0 Å². The van der Waals surface area contributed by atoms with Crippen molar-refractivity contribution in [2.75, 3.05) is 7.05 Å². The van der Waals surface area contributed by atoms with Gasteiger partial charge in [-0.3, -0.25) is 9.58 Å². The summed E-state index contributed by atoms with van der Waals surface area (Å²) >= 11 is 5.88. The van der Waals surface area contributed by atoms with Gasteiger partial charge in [0, 0.05) is 31.2 Å². The second-order valence-corrected chi connectivity index (χ2v) is 5.56. The van der Waals surface area contributed by atoms with Crippen molar-refractivity contribution in [2.45, 2.75) is 13.8 Å². The Morgan fingerprint density at radius 2 is 2.09 bits per heavy atom. The quantitative estimate of drug-likeness (QED) is 0.647. The number of hydrazine groups is 1. The van der Waals surface area contributed by atoms with Crippen molar-refractivity contribution in [3.8, 4) is 11.8 Å². The summed E-state index contributed by atoms with van der Waals surface area (Å²) in [6.07, 6.45) is 7.56. The first kappa shape index (κ1) is 15.2. The second-order valence-electron chi connectivity index (χ2n) is 5.17. The molecule has 23 heavy (non-hydrogen) atoms. The molecular weight excluding hydrogens is 310 g/mol. The van der Waals surface area contributed by atoms with Gasteiger partial charge in [-0.1, -0.05) is 17.5 Å². The smallest absolute Gasteiger partial charge is 0.135 e. The number of allylic oxidation sites excluding steroid dienone is 2. The standard InChI is InChI=1S/C17H16ClN5/c1-12-16(5-4-14-6-8-19-17(18)10-14)21-13(2)23(12)15-7-9-22(3)20-11-15/h6-11,20H,1-3H3. The second kappa shape index (κ2) is 6.19. The van der Waals surface area contributed by atoms with Crippen molar-refractivity contribution >= 4 is 17.3 Å². The highest BCUT2D eigenvalue weighted by Crippen LogP contribution is 2.18. The molecule has 2 aromatic heterocycles. The molecule has 0 saturated heterocycles. The van der Waals surface area contributed by atoms with Crippen LogP contribution in [0.15, 0.2) is 36.8 Å². The number of pyridine rings is 1. The maximum absolute atomic E-state index is 5.88. The van der Waals surface area contributed by atoms with E-state index in [1.807, 2.05) is 50.4 Å². The van der Waals surface area contributed by atoms with Crippen molar-refractivity contribution in [2.24, 2.45) is 0 Å². The Morgan fingerprint density at radius 1 is 1.26 bits per heavy atom. The third-order valence-electron chi connectivity index (χ3n) is 3.47. The Morgan fingerprint density at radius 3 is 2.78 bits per heavy atom. The number of rotatable bonds is 1. The molecule has 0 amide bonds. The molecule has 2 aromatic rings. The third kappa shape index (κ3) is 3.22. The van der Waals surface area contributed by atoms with Gasteiger partial charge in [-0.2, -0.15) is 0 Å². The van der Waals surface area contributed by atoms with Gasteiger partial charge in [0.1, 0.15) is 16.7 Å². The molecule has 1 aliphatic rings. The van der Waals surface area contributed by atoms with Gasteiger partial charge >= 0.3 is 0 Å². The highest BCUT2D eigenvalue weighted by Gasteiger charge is 2.13. The fourth-order valence-corrected chi connectivity index (χ4v) is 2.51. The normalized spacial score (nSPS) is 13.2. The van der Waals surface area contributed by atoms with Gasteiger partial charge in [0.05, 0.1) is 11.4 Å². The number of aromatic nitrogens is 3. The van der Waals surface area contributed by atoms with E-state index in [9.17, 15) is 0 Å². The molecule has 0 atom stereocenters. The van der Waals surface area contributed by atoms with E-state index in [4.69, 9.17) is 11.6 Å². The summed E-state index contributed by atoms with van der Waals surface area (Å²) < 4.78 is 2.07. The van der Waals surface area contributed by atoms with Crippen LogP contribution in [-0.2, 0) is 0 Å². The van der Waals surface area contributed by atoms with Gasteiger partial charge < -0.3 is 5.43 Å². The minimum Gasteiger partial charge on any atom is -0.304 e. The van der Waals surface area contributed by atoms with Crippen LogP contribution in [0.2, 0.25) is 5.15 Å². The number of aryl methyl sites for hydroxylation is 1. The zero-order valence-electron chi connectivity index (χ0n) is 13.1. The van der Waals surface area contributed by atoms with Gasteiger partial charge in [0.2, 0.25) is 0 Å². The Balaban J connectivity index is 1.95. The van der Waals surface area contributed by atoms with Crippen LogP contribution in [-0.4, -0.2) is 26.6 Å². The molecule has 0 bridgehead atoms. The topological polar surface area (TPSA) is 46.0 Å². The summed E-state index contributed by atoms with van der Waals surface area (Å²) in [6, 6.07) is 3.56. The molecule has 0 fully saturated rings. The lowest BCUT2D eigenvalue weighted by Gasteiger charge is -2.20. The number of halogens is 1. The molecule has 0 radical (unpaired) electrons. The Labute approximate surface area is 140 Å². The summed E-state index contributed by atoms with van der Waals surface area (Å²) in [4.78, 5) is 8.52. The summed E-state index contributed by atoms with van der Waals surface area (Å²) in [5, 5.41) is 2.31. The Bertz CT molecular complexity index is 867. The molecule has 0 aromatic carbocycles. The minimum absolute atomic E-state index is 0.433. The number of hydrogen-bond donors (Lipinski definition) is 1. The maximum atomic E-state index is 5.88. The van der Waals surface area contributed by atoms with Crippen LogP contribution < -0.4 is 5.43 Å². The molecule has 1 N–H and O–H groups in total. The van der Waals surface area contributed by atoms with Crippen LogP contribution in [0.4, 0.5) is 0 Å².